The Hall–Kier alpha value is -2.69. The van der Waals surface area contributed by atoms with Crippen LogP contribution in [0.1, 0.15) is 31.9 Å². The lowest BCUT2D eigenvalue weighted by Gasteiger charge is -2.19. The molecule has 0 fully saturated rings. The van der Waals surface area contributed by atoms with Crippen molar-refractivity contribution in [3.8, 4) is 17.2 Å². The summed E-state index contributed by atoms with van der Waals surface area (Å²) in [7, 11) is 0. The smallest absolute Gasteiger partial charge is 0.258 e. The number of nitrogens with one attached hydrogen (secondary N) is 1. The molecule has 0 aliphatic carbocycles. The Balaban J connectivity index is 1.46. The summed E-state index contributed by atoms with van der Waals surface area (Å²) in [6.07, 6.45) is 0. The van der Waals surface area contributed by atoms with Crippen molar-refractivity contribution in [1.29, 1.82) is 0 Å². The highest BCUT2D eigenvalue weighted by molar-refractivity contribution is 5.77. The zero-order valence-electron chi connectivity index (χ0n) is 14.8. The van der Waals surface area contributed by atoms with Gasteiger partial charge in [0.2, 0.25) is 6.79 Å². The van der Waals surface area contributed by atoms with Gasteiger partial charge in [0.15, 0.2) is 18.1 Å². The number of carbonyl (C=O) groups excluding carboxylic acids is 1. The molecule has 0 saturated carbocycles. The number of hydrogen-bond acceptors (Lipinski definition) is 4. The summed E-state index contributed by atoms with van der Waals surface area (Å²) in [6, 6.07) is 13.5. The van der Waals surface area contributed by atoms with Gasteiger partial charge in [0.25, 0.3) is 5.91 Å². The molecule has 25 heavy (non-hydrogen) atoms. The maximum atomic E-state index is 12.0. The lowest BCUT2D eigenvalue weighted by Crippen LogP contribution is -2.28. The van der Waals surface area contributed by atoms with Crippen molar-refractivity contribution in [1.82, 2.24) is 5.32 Å². The first-order chi connectivity index (χ1) is 11.9. The van der Waals surface area contributed by atoms with E-state index in [0.717, 1.165) is 11.3 Å². The predicted octanol–water partition coefficient (Wildman–Crippen LogP) is 3.41. The fourth-order valence-electron chi connectivity index (χ4n) is 2.50. The van der Waals surface area contributed by atoms with Gasteiger partial charge in [0.1, 0.15) is 5.75 Å². The van der Waals surface area contributed by atoms with Crippen LogP contribution in [-0.4, -0.2) is 19.3 Å². The summed E-state index contributed by atoms with van der Waals surface area (Å²) in [5.41, 5.74) is 2.28. The summed E-state index contributed by atoms with van der Waals surface area (Å²) in [5.74, 6) is 1.96. The summed E-state index contributed by atoms with van der Waals surface area (Å²) in [6.45, 7) is 7.12. The van der Waals surface area contributed by atoms with Gasteiger partial charge in [-0.25, -0.2) is 0 Å². The van der Waals surface area contributed by atoms with E-state index in [-0.39, 0.29) is 24.7 Å². The highest BCUT2D eigenvalue weighted by Crippen LogP contribution is 2.32. The highest BCUT2D eigenvalue weighted by Gasteiger charge is 2.14. The summed E-state index contributed by atoms with van der Waals surface area (Å²) in [5, 5.41) is 2.84. The quantitative estimate of drug-likeness (QED) is 0.905. The first kappa shape index (κ1) is 17.1. The van der Waals surface area contributed by atoms with Crippen molar-refractivity contribution >= 4 is 5.91 Å². The van der Waals surface area contributed by atoms with Crippen LogP contribution in [0.5, 0.6) is 17.2 Å². The van der Waals surface area contributed by atoms with Crippen LogP contribution in [0.4, 0.5) is 0 Å². The maximum absolute atomic E-state index is 12.0. The van der Waals surface area contributed by atoms with Crippen LogP contribution in [0.3, 0.4) is 0 Å². The molecule has 0 spiro atoms. The maximum Gasteiger partial charge on any atom is 0.258 e. The Kier molecular flexibility index (Phi) is 4.83. The minimum Gasteiger partial charge on any atom is -0.484 e. The summed E-state index contributed by atoms with van der Waals surface area (Å²) in [4.78, 5) is 12.0. The van der Waals surface area contributed by atoms with E-state index < -0.39 is 0 Å². The largest absolute Gasteiger partial charge is 0.484 e. The fourth-order valence-corrected chi connectivity index (χ4v) is 2.50. The molecule has 1 heterocycles. The normalized spacial score (nSPS) is 12.8. The minimum atomic E-state index is -0.169. The lowest BCUT2D eigenvalue weighted by molar-refractivity contribution is -0.123. The van der Waals surface area contributed by atoms with Crippen LogP contribution in [0, 0.1) is 0 Å². The first-order valence-corrected chi connectivity index (χ1v) is 8.30. The molecule has 1 aliphatic rings. The molecule has 2 aromatic rings. The molecule has 3 rings (SSSR count). The number of benzene rings is 2. The average molecular weight is 341 g/mol. The molecule has 1 N–H and O–H groups in total. The Morgan fingerprint density at radius 1 is 1.08 bits per heavy atom. The molecule has 2 aromatic carbocycles. The summed E-state index contributed by atoms with van der Waals surface area (Å²) >= 11 is 0. The molecule has 1 aliphatic heterocycles. The van der Waals surface area contributed by atoms with E-state index >= 15 is 0 Å². The number of carbonyl (C=O) groups is 1. The topological polar surface area (TPSA) is 56.8 Å². The first-order valence-electron chi connectivity index (χ1n) is 8.30. The van der Waals surface area contributed by atoms with E-state index in [1.165, 1.54) is 5.56 Å². The van der Waals surface area contributed by atoms with Crippen molar-refractivity contribution in [3.05, 3.63) is 53.6 Å². The molecule has 1 amide bonds. The molecular weight excluding hydrogens is 318 g/mol. The zero-order valence-corrected chi connectivity index (χ0v) is 14.8. The van der Waals surface area contributed by atoms with E-state index in [0.29, 0.717) is 18.0 Å². The van der Waals surface area contributed by atoms with Gasteiger partial charge in [0.05, 0.1) is 0 Å². The summed E-state index contributed by atoms with van der Waals surface area (Å²) < 4.78 is 16.1. The number of ether oxygens (including phenoxy) is 3. The van der Waals surface area contributed by atoms with Gasteiger partial charge in [-0.2, -0.15) is 0 Å². The van der Waals surface area contributed by atoms with E-state index in [4.69, 9.17) is 14.2 Å². The Bertz CT molecular complexity index is 747. The Labute approximate surface area is 147 Å². The van der Waals surface area contributed by atoms with Gasteiger partial charge in [-0.05, 0) is 40.8 Å². The SMILES string of the molecule is CC(C)(C)c1ccc(OCC(=O)NCc2ccc3c(c2)OCO3)cc1. The third-order valence-corrected chi connectivity index (χ3v) is 4.02. The molecule has 0 atom stereocenters. The van der Waals surface area contributed by atoms with Gasteiger partial charge in [0, 0.05) is 6.54 Å². The number of fused-ring (bicyclic) bond motifs is 1. The molecule has 5 nitrogen and oxygen atoms in total. The highest BCUT2D eigenvalue weighted by atomic mass is 16.7. The third-order valence-electron chi connectivity index (χ3n) is 4.02. The fraction of sp³-hybridized carbons (Fsp3) is 0.350. The van der Waals surface area contributed by atoms with Gasteiger partial charge < -0.3 is 19.5 Å². The van der Waals surface area contributed by atoms with Crippen LogP contribution >= 0.6 is 0 Å². The molecule has 5 heteroatoms. The second-order valence-corrected chi connectivity index (χ2v) is 7.03. The van der Waals surface area contributed by atoms with Crippen molar-refractivity contribution < 1.29 is 19.0 Å². The minimum absolute atomic E-state index is 0.0145. The molecule has 0 unspecified atom stereocenters. The van der Waals surface area contributed by atoms with Crippen LogP contribution in [0.2, 0.25) is 0 Å². The Morgan fingerprint density at radius 3 is 2.52 bits per heavy atom. The number of amides is 1. The monoisotopic (exact) mass is 341 g/mol. The van der Waals surface area contributed by atoms with Crippen molar-refractivity contribution in [2.24, 2.45) is 0 Å². The van der Waals surface area contributed by atoms with Crippen molar-refractivity contribution in [2.75, 3.05) is 13.4 Å². The number of rotatable bonds is 5. The van der Waals surface area contributed by atoms with E-state index in [2.05, 4.69) is 26.1 Å². The Morgan fingerprint density at radius 2 is 1.80 bits per heavy atom. The van der Waals surface area contributed by atoms with Gasteiger partial charge >= 0.3 is 0 Å². The van der Waals surface area contributed by atoms with Crippen LogP contribution < -0.4 is 19.5 Å². The molecule has 0 bridgehead atoms. The predicted molar refractivity (Wildman–Crippen MR) is 95.0 cm³/mol. The van der Waals surface area contributed by atoms with Crippen molar-refractivity contribution in [3.63, 3.8) is 0 Å². The van der Waals surface area contributed by atoms with Gasteiger partial charge in [-0.3, -0.25) is 4.79 Å². The van der Waals surface area contributed by atoms with E-state index in [9.17, 15) is 4.79 Å². The van der Waals surface area contributed by atoms with E-state index in [1.54, 1.807) is 0 Å². The van der Waals surface area contributed by atoms with Crippen molar-refractivity contribution in [2.45, 2.75) is 32.7 Å². The second kappa shape index (κ2) is 7.05. The average Bonchev–Trinajstić information content (AvgIpc) is 3.05. The molecule has 0 radical (unpaired) electrons. The molecular formula is C20H23NO4. The molecule has 132 valence electrons. The van der Waals surface area contributed by atoms with Crippen LogP contribution in [-0.2, 0) is 16.8 Å². The zero-order chi connectivity index (χ0) is 17.9. The van der Waals surface area contributed by atoms with Gasteiger partial charge in [-0.1, -0.05) is 39.0 Å². The standard InChI is InChI=1S/C20H23NO4/c1-20(2,3)15-5-7-16(8-6-15)23-12-19(22)21-11-14-4-9-17-18(10-14)25-13-24-17/h4-10H,11-13H2,1-3H3,(H,21,22). The number of hydrogen-bond donors (Lipinski definition) is 1. The van der Waals surface area contributed by atoms with Crippen LogP contribution in [0.25, 0.3) is 0 Å². The third kappa shape index (κ3) is 4.44. The second-order valence-electron chi connectivity index (χ2n) is 7.03. The van der Waals surface area contributed by atoms with Crippen LogP contribution in [0.15, 0.2) is 42.5 Å². The molecule has 0 aromatic heterocycles. The molecule has 0 saturated heterocycles. The van der Waals surface area contributed by atoms with Gasteiger partial charge in [-0.15, -0.1) is 0 Å². The lowest BCUT2D eigenvalue weighted by atomic mass is 9.87. The van der Waals surface area contributed by atoms with E-state index in [1.807, 2.05) is 42.5 Å².